The van der Waals surface area contributed by atoms with Crippen LogP contribution in [0.15, 0.2) is 65.3 Å². The van der Waals surface area contributed by atoms with Crippen molar-refractivity contribution in [2.24, 2.45) is 0 Å². The Kier molecular flexibility index (Phi) is 4.88. The van der Waals surface area contributed by atoms with Crippen LogP contribution in [0.3, 0.4) is 0 Å². The van der Waals surface area contributed by atoms with Crippen molar-refractivity contribution in [2.45, 2.75) is 6.54 Å². The van der Waals surface area contributed by atoms with E-state index >= 15 is 0 Å². The zero-order chi connectivity index (χ0) is 17.8. The summed E-state index contributed by atoms with van der Waals surface area (Å²) in [5.41, 5.74) is 3.25. The molecule has 2 heterocycles. The summed E-state index contributed by atoms with van der Waals surface area (Å²) in [5, 5.41) is 0. The van der Waals surface area contributed by atoms with Crippen molar-refractivity contribution in [2.75, 3.05) is 38.2 Å². The minimum Gasteiger partial charge on any atom is -0.497 e. The molecule has 2 aromatic carbocycles. The Morgan fingerprint density at radius 3 is 2.38 bits per heavy atom. The van der Waals surface area contributed by atoms with Crippen LogP contribution in [0, 0.1) is 0 Å². The van der Waals surface area contributed by atoms with Gasteiger partial charge in [0.1, 0.15) is 12.0 Å². The summed E-state index contributed by atoms with van der Waals surface area (Å²) < 4.78 is 10.9. The molecule has 1 aliphatic rings. The van der Waals surface area contributed by atoms with Gasteiger partial charge < -0.3 is 14.1 Å². The van der Waals surface area contributed by atoms with Gasteiger partial charge in [-0.1, -0.05) is 18.2 Å². The number of aromatic nitrogens is 1. The Morgan fingerprint density at radius 2 is 1.69 bits per heavy atom. The zero-order valence-corrected chi connectivity index (χ0v) is 15.0. The minimum absolute atomic E-state index is 0.692. The van der Waals surface area contributed by atoms with Gasteiger partial charge in [0.05, 0.1) is 12.8 Å². The van der Waals surface area contributed by atoms with Crippen molar-refractivity contribution in [3.63, 3.8) is 0 Å². The van der Waals surface area contributed by atoms with Crippen LogP contribution in [-0.2, 0) is 6.54 Å². The van der Waals surface area contributed by atoms with Crippen molar-refractivity contribution in [3.8, 4) is 17.2 Å². The Balaban J connectivity index is 1.33. The van der Waals surface area contributed by atoms with Crippen LogP contribution in [0.5, 0.6) is 5.75 Å². The summed E-state index contributed by atoms with van der Waals surface area (Å²) in [6.45, 7) is 4.87. The Morgan fingerprint density at radius 1 is 0.962 bits per heavy atom. The number of ether oxygens (including phenoxy) is 1. The summed E-state index contributed by atoms with van der Waals surface area (Å²) in [4.78, 5) is 9.47. The average Bonchev–Trinajstić information content (AvgIpc) is 3.18. The molecule has 5 nitrogen and oxygen atoms in total. The highest BCUT2D eigenvalue weighted by atomic mass is 16.5. The molecule has 1 aromatic heterocycles. The first-order chi connectivity index (χ1) is 12.8. The molecule has 1 aliphatic heterocycles. The quantitative estimate of drug-likeness (QED) is 0.703. The lowest BCUT2D eigenvalue weighted by atomic mass is 10.2. The summed E-state index contributed by atoms with van der Waals surface area (Å²) in [5.74, 6) is 1.59. The van der Waals surface area contributed by atoms with Crippen LogP contribution in [0.25, 0.3) is 11.5 Å². The monoisotopic (exact) mass is 349 g/mol. The molecule has 0 N–H and O–H groups in total. The highest BCUT2D eigenvalue weighted by molar-refractivity contribution is 5.52. The first-order valence-electron chi connectivity index (χ1n) is 8.93. The van der Waals surface area contributed by atoms with E-state index in [-0.39, 0.29) is 0 Å². The maximum atomic E-state index is 5.64. The molecule has 5 heteroatoms. The molecular weight excluding hydrogens is 326 g/mol. The summed E-state index contributed by atoms with van der Waals surface area (Å²) in [6, 6.07) is 18.3. The van der Waals surface area contributed by atoms with Crippen molar-refractivity contribution in [3.05, 3.63) is 66.6 Å². The van der Waals surface area contributed by atoms with Crippen molar-refractivity contribution in [1.29, 1.82) is 0 Å². The van der Waals surface area contributed by atoms with Gasteiger partial charge in [0.15, 0.2) is 0 Å². The van der Waals surface area contributed by atoms with Gasteiger partial charge in [0.25, 0.3) is 0 Å². The van der Waals surface area contributed by atoms with Gasteiger partial charge in [0, 0.05) is 44.0 Å². The van der Waals surface area contributed by atoms with E-state index in [0.29, 0.717) is 5.89 Å². The Hall–Kier alpha value is -2.79. The number of nitrogens with zero attached hydrogens (tertiary/aromatic N) is 3. The van der Waals surface area contributed by atoms with E-state index in [1.165, 1.54) is 5.69 Å². The molecule has 0 amide bonds. The van der Waals surface area contributed by atoms with Gasteiger partial charge in [-0.05, 0) is 36.4 Å². The minimum atomic E-state index is 0.692. The number of piperazine rings is 1. The van der Waals surface area contributed by atoms with Gasteiger partial charge >= 0.3 is 0 Å². The summed E-state index contributed by atoms with van der Waals surface area (Å²) >= 11 is 0. The maximum Gasteiger partial charge on any atom is 0.226 e. The molecule has 0 spiro atoms. The van der Waals surface area contributed by atoms with Crippen LogP contribution in [0.1, 0.15) is 5.69 Å². The van der Waals surface area contributed by atoms with Gasteiger partial charge in [0.2, 0.25) is 5.89 Å². The highest BCUT2D eigenvalue weighted by Crippen LogP contribution is 2.22. The van der Waals surface area contributed by atoms with Crippen LogP contribution < -0.4 is 9.64 Å². The molecule has 3 aromatic rings. The number of oxazole rings is 1. The lowest BCUT2D eigenvalue weighted by Crippen LogP contribution is -2.46. The normalized spacial score (nSPS) is 15.2. The SMILES string of the molecule is COc1ccc(N2CCN(Cc3coc(-c4ccccc4)n3)CC2)cc1. The highest BCUT2D eigenvalue weighted by Gasteiger charge is 2.18. The smallest absolute Gasteiger partial charge is 0.226 e. The van der Waals surface area contributed by atoms with E-state index in [0.717, 1.165) is 49.7 Å². The lowest BCUT2D eigenvalue weighted by molar-refractivity contribution is 0.247. The Labute approximate surface area is 153 Å². The van der Waals surface area contributed by atoms with Crippen molar-refractivity contribution >= 4 is 5.69 Å². The lowest BCUT2D eigenvalue weighted by Gasteiger charge is -2.35. The largest absolute Gasteiger partial charge is 0.497 e. The number of methoxy groups -OCH3 is 1. The number of anilines is 1. The number of hydrogen-bond donors (Lipinski definition) is 0. The van der Waals surface area contributed by atoms with Gasteiger partial charge in [-0.2, -0.15) is 0 Å². The third kappa shape index (κ3) is 3.73. The number of benzene rings is 2. The fourth-order valence-corrected chi connectivity index (χ4v) is 3.28. The van der Waals surface area contributed by atoms with E-state index in [2.05, 4.69) is 26.9 Å². The predicted octanol–water partition coefficient (Wildman–Crippen LogP) is 3.67. The third-order valence-corrected chi connectivity index (χ3v) is 4.77. The summed E-state index contributed by atoms with van der Waals surface area (Å²) in [6.07, 6.45) is 1.78. The number of rotatable bonds is 5. The van der Waals surface area contributed by atoms with E-state index < -0.39 is 0 Å². The molecule has 26 heavy (non-hydrogen) atoms. The molecule has 1 saturated heterocycles. The molecule has 0 atom stereocenters. The van der Waals surface area contributed by atoms with E-state index in [1.54, 1.807) is 13.4 Å². The van der Waals surface area contributed by atoms with Gasteiger partial charge in [-0.25, -0.2) is 4.98 Å². The third-order valence-electron chi connectivity index (χ3n) is 4.77. The zero-order valence-electron chi connectivity index (χ0n) is 15.0. The van der Waals surface area contributed by atoms with Crippen LogP contribution >= 0.6 is 0 Å². The van der Waals surface area contributed by atoms with E-state index in [1.807, 2.05) is 42.5 Å². The van der Waals surface area contributed by atoms with Crippen molar-refractivity contribution in [1.82, 2.24) is 9.88 Å². The van der Waals surface area contributed by atoms with E-state index in [4.69, 9.17) is 9.15 Å². The standard InChI is InChI=1S/C21H23N3O2/c1-25-20-9-7-19(8-10-20)24-13-11-23(12-14-24)15-18-16-26-21(22-18)17-5-3-2-4-6-17/h2-10,16H,11-15H2,1H3. The Bertz CT molecular complexity index is 822. The fraction of sp³-hybridized carbons (Fsp3) is 0.286. The van der Waals surface area contributed by atoms with E-state index in [9.17, 15) is 0 Å². The molecule has 0 unspecified atom stereocenters. The molecule has 1 fully saturated rings. The molecule has 134 valence electrons. The molecule has 0 saturated carbocycles. The van der Waals surface area contributed by atoms with Gasteiger partial charge in [-0.3, -0.25) is 4.90 Å². The second-order valence-electron chi connectivity index (χ2n) is 6.47. The molecule has 0 radical (unpaired) electrons. The fourth-order valence-electron chi connectivity index (χ4n) is 3.28. The summed E-state index contributed by atoms with van der Waals surface area (Å²) in [7, 11) is 1.70. The predicted molar refractivity (Wildman–Crippen MR) is 102 cm³/mol. The van der Waals surface area contributed by atoms with Crippen LogP contribution in [-0.4, -0.2) is 43.2 Å². The maximum absolute atomic E-state index is 5.64. The van der Waals surface area contributed by atoms with Gasteiger partial charge in [-0.15, -0.1) is 0 Å². The van der Waals surface area contributed by atoms with Crippen molar-refractivity contribution < 1.29 is 9.15 Å². The topological polar surface area (TPSA) is 41.7 Å². The molecule has 0 bridgehead atoms. The van der Waals surface area contributed by atoms with Crippen LogP contribution in [0.2, 0.25) is 0 Å². The molecule has 0 aliphatic carbocycles. The van der Waals surface area contributed by atoms with Crippen LogP contribution in [0.4, 0.5) is 5.69 Å². The molecule has 4 rings (SSSR count). The average molecular weight is 349 g/mol. The number of hydrogen-bond acceptors (Lipinski definition) is 5. The second-order valence-corrected chi connectivity index (χ2v) is 6.47. The first-order valence-corrected chi connectivity index (χ1v) is 8.93. The first kappa shape index (κ1) is 16.7. The molecular formula is C21H23N3O2. The second kappa shape index (κ2) is 7.62.